The van der Waals surface area contributed by atoms with Gasteiger partial charge >= 0.3 is 5.97 Å². The largest absolute Gasteiger partial charge is 0.487 e. The summed E-state index contributed by atoms with van der Waals surface area (Å²) >= 11 is 0. The molecule has 0 aromatic heterocycles. The fourth-order valence-corrected chi connectivity index (χ4v) is 7.14. The van der Waals surface area contributed by atoms with Crippen molar-refractivity contribution in [2.75, 3.05) is 6.54 Å². The molecule has 210 valence electrons. The van der Waals surface area contributed by atoms with Crippen molar-refractivity contribution in [3.8, 4) is 11.8 Å². The molecule has 5 rings (SSSR count). The summed E-state index contributed by atoms with van der Waals surface area (Å²) in [5, 5.41) is 25.3. The highest BCUT2D eigenvalue weighted by molar-refractivity contribution is 5.97. The molecule has 4 atom stereocenters. The number of benzene rings is 1. The van der Waals surface area contributed by atoms with E-state index >= 15 is 0 Å². The summed E-state index contributed by atoms with van der Waals surface area (Å²) in [6.45, 7) is 4.53. The first-order valence-electron chi connectivity index (χ1n) is 14.2. The van der Waals surface area contributed by atoms with Crippen molar-refractivity contribution < 1.29 is 28.6 Å². The summed E-state index contributed by atoms with van der Waals surface area (Å²) in [7, 11) is 0. The summed E-state index contributed by atoms with van der Waals surface area (Å²) in [5.74, 6) is -2.15. The third kappa shape index (κ3) is 5.35. The van der Waals surface area contributed by atoms with Gasteiger partial charge in [0.05, 0.1) is 28.6 Å². The number of carboxylic acids is 1. The van der Waals surface area contributed by atoms with Crippen LogP contribution in [-0.2, 0) is 9.59 Å². The number of aliphatic carboxylic acids is 1. The molecule has 1 aromatic carbocycles. The summed E-state index contributed by atoms with van der Waals surface area (Å²) in [6.07, 6.45) is 7.53. The number of fused-ring (bicyclic) bond motifs is 2. The smallest absolute Gasteiger partial charge is 0.309 e. The molecule has 0 unspecified atom stereocenters. The van der Waals surface area contributed by atoms with Crippen LogP contribution in [0.2, 0.25) is 0 Å². The average Bonchev–Trinajstić information content (AvgIpc) is 3.50. The predicted octanol–water partition coefficient (Wildman–Crippen LogP) is 4.56. The number of amides is 2. The van der Waals surface area contributed by atoms with E-state index < -0.39 is 23.1 Å². The molecule has 2 amide bonds. The Morgan fingerprint density at radius 1 is 1.10 bits per heavy atom. The van der Waals surface area contributed by atoms with Gasteiger partial charge in [-0.15, -0.1) is 0 Å². The van der Waals surface area contributed by atoms with Gasteiger partial charge in [-0.3, -0.25) is 14.4 Å². The van der Waals surface area contributed by atoms with Crippen LogP contribution in [0.1, 0.15) is 94.0 Å². The number of hydrogen-bond acceptors (Lipinski definition) is 5. The number of carbonyl (C=O) groups excluding carboxylic acids is 2. The Balaban J connectivity index is 1.29. The lowest BCUT2D eigenvalue weighted by atomic mass is 9.70. The van der Waals surface area contributed by atoms with Crippen molar-refractivity contribution >= 4 is 17.8 Å². The normalized spacial score (nSPS) is 32.5. The van der Waals surface area contributed by atoms with Crippen molar-refractivity contribution in [3.05, 3.63) is 29.1 Å². The number of nitriles is 1. The SMILES string of the molecule is CC1(CNC(=O)[C@H]2[C@@H]3CC[C@@H](C3)[C@H]2NC(=O)c2cc(O[C@H]3CC[C@@](C)(C(=O)O)CC3)c(F)cc2C#N)CCC1. The lowest BCUT2D eigenvalue weighted by Crippen LogP contribution is -2.51. The van der Waals surface area contributed by atoms with E-state index in [1.165, 1.54) is 12.5 Å². The van der Waals surface area contributed by atoms with Crippen molar-refractivity contribution in [1.29, 1.82) is 5.26 Å². The minimum absolute atomic E-state index is 0.0176. The van der Waals surface area contributed by atoms with E-state index in [1.54, 1.807) is 6.92 Å². The Kier molecular flexibility index (Phi) is 7.34. The molecule has 39 heavy (non-hydrogen) atoms. The van der Waals surface area contributed by atoms with Crippen LogP contribution in [0.15, 0.2) is 12.1 Å². The molecule has 0 aliphatic heterocycles. The van der Waals surface area contributed by atoms with Gasteiger partial charge in [-0.2, -0.15) is 5.26 Å². The van der Waals surface area contributed by atoms with Crippen LogP contribution in [0.4, 0.5) is 4.39 Å². The van der Waals surface area contributed by atoms with Crippen molar-refractivity contribution in [1.82, 2.24) is 10.6 Å². The van der Waals surface area contributed by atoms with Gasteiger partial charge in [-0.1, -0.05) is 13.3 Å². The molecular weight excluding hydrogens is 501 g/mol. The van der Waals surface area contributed by atoms with Crippen molar-refractivity contribution in [3.63, 3.8) is 0 Å². The maximum absolute atomic E-state index is 14.9. The second-order valence-corrected chi connectivity index (χ2v) is 12.9. The van der Waals surface area contributed by atoms with Crippen LogP contribution in [0.5, 0.6) is 5.75 Å². The first kappa shape index (κ1) is 27.4. The summed E-state index contributed by atoms with van der Waals surface area (Å²) in [4.78, 5) is 38.3. The molecule has 2 bridgehead atoms. The number of rotatable bonds is 8. The fraction of sp³-hybridized carbons (Fsp3) is 0.667. The average molecular weight is 540 g/mol. The van der Waals surface area contributed by atoms with Crippen molar-refractivity contribution in [2.24, 2.45) is 28.6 Å². The van der Waals surface area contributed by atoms with Gasteiger partial charge in [0.2, 0.25) is 5.91 Å². The minimum atomic E-state index is -0.853. The Bertz CT molecular complexity index is 1200. The first-order valence-corrected chi connectivity index (χ1v) is 14.2. The van der Waals surface area contributed by atoms with E-state index in [0.717, 1.165) is 38.2 Å². The summed E-state index contributed by atoms with van der Waals surface area (Å²) in [6, 6.07) is 3.86. The Morgan fingerprint density at radius 3 is 2.41 bits per heavy atom. The summed E-state index contributed by atoms with van der Waals surface area (Å²) in [5.41, 5.74) is -0.749. The zero-order valence-corrected chi connectivity index (χ0v) is 22.7. The number of nitrogens with zero attached hydrogens (tertiary/aromatic N) is 1. The second-order valence-electron chi connectivity index (χ2n) is 12.9. The molecule has 1 aromatic rings. The van der Waals surface area contributed by atoms with Gasteiger partial charge in [0.15, 0.2) is 11.6 Å². The maximum atomic E-state index is 14.9. The van der Waals surface area contributed by atoms with E-state index in [2.05, 4.69) is 17.6 Å². The van der Waals surface area contributed by atoms with Crippen LogP contribution in [0, 0.1) is 45.7 Å². The minimum Gasteiger partial charge on any atom is -0.487 e. The van der Waals surface area contributed by atoms with E-state index in [9.17, 15) is 29.1 Å². The Morgan fingerprint density at radius 2 is 1.79 bits per heavy atom. The van der Waals surface area contributed by atoms with Gasteiger partial charge in [0.1, 0.15) is 6.07 Å². The molecule has 8 nitrogen and oxygen atoms in total. The lowest BCUT2D eigenvalue weighted by Gasteiger charge is -2.39. The standard InChI is InChI=1S/C30H38FN3O5/c1-29(8-3-9-29)16-33-27(36)24-17-4-5-18(12-17)25(24)34-26(35)21-14-23(22(31)13-19(21)15-32)39-20-6-10-30(2,11-7-20)28(37)38/h13-14,17-18,20,24-25H,3-12,16H2,1-2H3,(H,33,36)(H,34,35)(H,37,38)/t17-,18+,20-,24+,25-,30+/m1/s1. The van der Waals surface area contributed by atoms with E-state index in [1.807, 2.05) is 6.07 Å². The molecule has 0 saturated heterocycles. The second kappa shape index (κ2) is 10.4. The van der Waals surface area contributed by atoms with Crippen LogP contribution in [0.25, 0.3) is 0 Å². The first-order chi connectivity index (χ1) is 18.5. The molecule has 3 N–H and O–H groups in total. The van der Waals surface area contributed by atoms with Gasteiger partial charge in [-0.25, -0.2) is 4.39 Å². The molecular formula is C30H38FN3O5. The molecule has 0 spiro atoms. The number of hydrogen-bond donors (Lipinski definition) is 3. The molecule has 4 fully saturated rings. The number of ether oxygens (including phenoxy) is 1. The monoisotopic (exact) mass is 539 g/mol. The highest BCUT2D eigenvalue weighted by Gasteiger charge is 2.51. The number of carboxylic acid groups (broad SMARTS) is 1. The van der Waals surface area contributed by atoms with Gasteiger partial charge in [0, 0.05) is 12.6 Å². The van der Waals surface area contributed by atoms with Crippen molar-refractivity contribution in [2.45, 2.75) is 90.2 Å². The van der Waals surface area contributed by atoms with Gasteiger partial charge in [-0.05, 0) is 94.1 Å². The number of nitrogens with one attached hydrogen (secondary N) is 2. The Hall–Kier alpha value is -3.15. The molecule has 4 aliphatic rings. The third-order valence-corrected chi connectivity index (χ3v) is 10.1. The van der Waals surface area contributed by atoms with Crippen LogP contribution < -0.4 is 15.4 Å². The Labute approximate surface area is 228 Å². The lowest BCUT2D eigenvalue weighted by molar-refractivity contribution is -0.150. The highest BCUT2D eigenvalue weighted by Crippen LogP contribution is 2.49. The predicted molar refractivity (Wildman–Crippen MR) is 140 cm³/mol. The summed E-state index contributed by atoms with van der Waals surface area (Å²) < 4.78 is 20.8. The fourth-order valence-electron chi connectivity index (χ4n) is 7.14. The highest BCUT2D eigenvalue weighted by atomic mass is 19.1. The van der Waals surface area contributed by atoms with E-state index in [4.69, 9.17) is 4.74 Å². The molecule has 9 heteroatoms. The quantitative estimate of drug-likeness (QED) is 0.444. The molecule has 4 aliphatic carbocycles. The zero-order chi connectivity index (χ0) is 27.9. The van der Waals surface area contributed by atoms with Crippen LogP contribution in [0.3, 0.4) is 0 Å². The van der Waals surface area contributed by atoms with E-state index in [0.29, 0.717) is 32.2 Å². The zero-order valence-electron chi connectivity index (χ0n) is 22.7. The molecule has 0 heterocycles. The topological polar surface area (TPSA) is 129 Å². The van der Waals surface area contributed by atoms with Crippen LogP contribution >= 0.6 is 0 Å². The molecule has 4 saturated carbocycles. The third-order valence-electron chi connectivity index (χ3n) is 10.1. The molecule has 0 radical (unpaired) electrons. The number of carbonyl (C=O) groups is 3. The maximum Gasteiger partial charge on any atom is 0.309 e. The van der Waals surface area contributed by atoms with E-state index in [-0.39, 0.29) is 58.1 Å². The van der Waals surface area contributed by atoms with Crippen LogP contribution in [-0.4, -0.2) is 41.6 Å². The van der Waals surface area contributed by atoms with Gasteiger partial charge in [0.25, 0.3) is 5.91 Å². The van der Waals surface area contributed by atoms with Gasteiger partial charge < -0.3 is 20.5 Å². The number of halogens is 1.